The summed E-state index contributed by atoms with van der Waals surface area (Å²) in [6.45, 7) is 0. The van der Waals surface area contributed by atoms with E-state index in [9.17, 15) is 27.9 Å². The lowest BCUT2D eigenvalue weighted by Gasteiger charge is -2.12. The van der Waals surface area contributed by atoms with Gasteiger partial charge in [0.2, 0.25) is 0 Å². The lowest BCUT2D eigenvalue weighted by molar-refractivity contribution is -0.722. The number of hydrogen-bond acceptors (Lipinski definition) is 8. The van der Waals surface area contributed by atoms with Gasteiger partial charge in [-0.25, -0.2) is 15.0 Å². The van der Waals surface area contributed by atoms with Crippen LogP contribution in [0, 0.1) is 10.1 Å². The fourth-order valence-corrected chi connectivity index (χ4v) is 3.01. The second kappa shape index (κ2) is 7.80. The van der Waals surface area contributed by atoms with Crippen LogP contribution in [0.4, 0.5) is 11.4 Å². The van der Waals surface area contributed by atoms with E-state index in [1.807, 2.05) is 0 Å². The molecule has 29 heavy (non-hydrogen) atoms. The van der Waals surface area contributed by atoms with Crippen molar-refractivity contribution in [2.45, 2.75) is 4.90 Å². The molecule has 13 nitrogen and oxygen atoms in total. The number of hydrazone groups is 1. The van der Waals surface area contributed by atoms with Gasteiger partial charge in [0.05, 0.1) is 17.5 Å². The third kappa shape index (κ3) is 4.14. The summed E-state index contributed by atoms with van der Waals surface area (Å²) in [5.74, 6) is -1.44. The molecular weight excluding hydrogens is 408 g/mol. The molecule has 1 aliphatic rings. The lowest BCUT2D eigenvalue weighted by atomic mass is 10.3. The van der Waals surface area contributed by atoms with Gasteiger partial charge < -0.3 is 5.32 Å². The molecule has 0 radical (unpaired) electrons. The minimum atomic E-state index is -4.56. The highest BCUT2D eigenvalue weighted by atomic mass is 32.2. The maximum atomic E-state index is 12.8. The quantitative estimate of drug-likeness (QED) is 0.256. The second-order valence-corrected chi connectivity index (χ2v) is 6.95. The van der Waals surface area contributed by atoms with Gasteiger partial charge in [-0.1, -0.05) is 28.9 Å². The smallest absolute Gasteiger partial charge is 0.315 e. The van der Waals surface area contributed by atoms with E-state index in [1.165, 1.54) is 19.2 Å². The molecular formula is C15H15N6O7S+. The average molecular weight is 423 g/mol. The van der Waals surface area contributed by atoms with E-state index in [-0.39, 0.29) is 5.69 Å². The van der Waals surface area contributed by atoms with Gasteiger partial charge in [0.25, 0.3) is 15.2 Å². The first-order valence-corrected chi connectivity index (χ1v) is 9.32. The van der Waals surface area contributed by atoms with E-state index >= 15 is 0 Å². The molecule has 2 aromatic carbocycles. The molecule has 1 aliphatic heterocycles. The van der Waals surface area contributed by atoms with E-state index in [4.69, 9.17) is 4.84 Å². The van der Waals surface area contributed by atoms with Gasteiger partial charge in [0.15, 0.2) is 10.8 Å². The molecule has 0 aliphatic carbocycles. The predicted octanol–water partition coefficient (Wildman–Crippen LogP) is 0.320. The van der Waals surface area contributed by atoms with Crippen molar-refractivity contribution in [2.75, 3.05) is 12.4 Å². The molecule has 3 N–H and O–H groups in total. The normalized spacial score (nSPS) is 14.3. The number of para-hydroxylation sites is 1. The lowest BCUT2D eigenvalue weighted by Crippen LogP contribution is -2.49. The number of hydrazine groups is 4. The summed E-state index contributed by atoms with van der Waals surface area (Å²) in [7, 11) is -3.39. The Labute approximate surface area is 164 Å². The van der Waals surface area contributed by atoms with Crippen LogP contribution in [0.5, 0.6) is 0 Å². The molecule has 1 amide bonds. The van der Waals surface area contributed by atoms with Crippen molar-refractivity contribution in [1.29, 1.82) is 0 Å². The largest absolute Gasteiger partial charge is 0.461 e. The Morgan fingerprint density at radius 3 is 2.52 bits per heavy atom. The van der Waals surface area contributed by atoms with Crippen LogP contribution in [0.15, 0.2) is 59.5 Å². The number of rotatable bonds is 6. The van der Waals surface area contributed by atoms with Crippen LogP contribution in [0.25, 0.3) is 0 Å². The van der Waals surface area contributed by atoms with Crippen molar-refractivity contribution in [3.05, 3.63) is 64.7 Å². The third-order valence-corrected chi connectivity index (χ3v) is 4.54. The summed E-state index contributed by atoms with van der Waals surface area (Å²) in [5, 5.41) is 14.1. The number of carbonyl (C=O) groups excluding carboxylic acids is 1. The molecule has 0 atom stereocenters. The van der Waals surface area contributed by atoms with Crippen molar-refractivity contribution in [1.82, 2.24) is 15.9 Å². The molecule has 0 saturated heterocycles. The first-order chi connectivity index (χ1) is 13.7. The monoisotopic (exact) mass is 423 g/mol. The van der Waals surface area contributed by atoms with E-state index in [0.29, 0.717) is 10.8 Å². The molecule has 14 heteroatoms. The summed E-state index contributed by atoms with van der Waals surface area (Å²) >= 11 is 0. The van der Waals surface area contributed by atoms with Gasteiger partial charge in [-0.15, -0.1) is 0 Å². The van der Waals surface area contributed by atoms with Gasteiger partial charge in [0.1, 0.15) is 0 Å². The zero-order chi connectivity index (χ0) is 21.2. The highest BCUT2D eigenvalue weighted by Gasteiger charge is 2.52. The predicted molar refractivity (Wildman–Crippen MR) is 97.1 cm³/mol. The van der Waals surface area contributed by atoms with Crippen molar-refractivity contribution < 1.29 is 32.3 Å². The highest BCUT2D eigenvalue weighted by Crippen LogP contribution is 2.22. The first-order valence-electron chi connectivity index (χ1n) is 7.88. The Morgan fingerprint density at radius 1 is 1.24 bits per heavy atom. The summed E-state index contributed by atoms with van der Waals surface area (Å²) < 4.78 is 33.1. The SMILES string of the molecule is CON1NN([N+](=O)[O-])C(C(=O)Nc2ccccc2)=[N+]1c1cccc(S(=O)(=O)O)c1. The van der Waals surface area contributed by atoms with Crippen LogP contribution in [-0.4, -0.2) is 51.9 Å². The molecule has 0 aromatic heterocycles. The van der Waals surface area contributed by atoms with E-state index < -0.39 is 31.8 Å². The number of benzene rings is 2. The highest BCUT2D eigenvalue weighted by molar-refractivity contribution is 7.85. The topological polar surface area (TPSA) is 157 Å². The van der Waals surface area contributed by atoms with Gasteiger partial charge in [-0.05, 0) is 24.3 Å². The Morgan fingerprint density at radius 2 is 1.93 bits per heavy atom. The number of carbonyl (C=O) groups is 1. The molecule has 152 valence electrons. The molecule has 3 rings (SSSR count). The Hall–Kier alpha value is -3.59. The summed E-state index contributed by atoms with van der Waals surface area (Å²) in [6.07, 6.45) is 0. The fourth-order valence-electron chi connectivity index (χ4n) is 2.49. The number of nitro groups is 1. The van der Waals surface area contributed by atoms with Gasteiger partial charge in [-0.2, -0.15) is 8.42 Å². The summed E-state index contributed by atoms with van der Waals surface area (Å²) in [4.78, 5) is 28.8. The second-order valence-electron chi connectivity index (χ2n) is 5.53. The fraction of sp³-hybridized carbons (Fsp3) is 0.0667. The molecule has 2 aromatic rings. The van der Waals surface area contributed by atoms with Crippen LogP contribution in [0.1, 0.15) is 0 Å². The van der Waals surface area contributed by atoms with Gasteiger partial charge >= 0.3 is 11.7 Å². The Balaban J connectivity index is 2.15. The van der Waals surface area contributed by atoms with E-state index in [1.54, 1.807) is 30.3 Å². The zero-order valence-corrected chi connectivity index (χ0v) is 15.6. The minimum Gasteiger partial charge on any atom is -0.315 e. The number of hydrogen-bond donors (Lipinski definition) is 3. The Bertz CT molecular complexity index is 1090. The third-order valence-electron chi connectivity index (χ3n) is 3.69. The van der Waals surface area contributed by atoms with Crippen LogP contribution in [-0.2, 0) is 19.8 Å². The molecule has 0 spiro atoms. The molecule has 0 bridgehead atoms. The summed E-state index contributed by atoms with van der Waals surface area (Å²) in [6, 6.07) is 13.0. The minimum absolute atomic E-state index is 0.0166. The van der Waals surface area contributed by atoms with Crippen LogP contribution >= 0.6 is 0 Å². The molecule has 0 fully saturated rings. The standard InChI is InChI=1S/C15H14N6O7S/c1-28-20-17-19(21(23)24)15(14(22)16-11-6-3-2-4-7-11)18(20)12-8-5-9-13(10-12)29(25,26)27/h2-10H,1H3,(H2-,16,17,22,25,26,27)/p+1. The Kier molecular flexibility index (Phi) is 5.42. The van der Waals surface area contributed by atoms with Crippen LogP contribution in [0.2, 0.25) is 0 Å². The maximum absolute atomic E-state index is 12.8. The molecule has 0 saturated carbocycles. The number of nitrogens with one attached hydrogen (secondary N) is 2. The van der Waals surface area contributed by atoms with E-state index in [0.717, 1.165) is 22.1 Å². The van der Waals surface area contributed by atoms with Crippen molar-refractivity contribution in [2.24, 2.45) is 0 Å². The van der Waals surface area contributed by atoms with Gasteiger partial charge in [0, 0.05) is 17.0 Å². The zero-order valence-electron chi connectivity index (χ0n) is 14.8. The number of anilines is 1. The maximum Gasteiger partial charge on any atom is 0.461 e. The van der Waals surface area contributed by atoms with Crippen molar-refractivity contribution in [3.8, 4) is 0 Å². The first kappa shape index (κ1) is 20.2. The van der Waals surface area contributed by atoms with Crippen LogP contribution < -0.4 is 10.9 Å². The molecule has 1 heterocycles. The van der Waals surface area contributed by atoms with Crippen molar-refractivity contribution in [3.63, 3.8) is 0 Å². The van der Waals surface area contributed by atoms with E-state index in [2.05, 4.69) is 10.9 Å². The average Bonchev–Trinajstić information content (AvgIpc) is 3.08. The summed E-state index contributed by atoms with van der Waals surface area (Å²) in [5.41, 5.74) is 2.58. The van der Waals surface area contributed by atoms with Crippen LogP contribution in [0.3, 0.4) is 0 Å². The number of amidine groups is 1. The van der Waals surface area contributed by atoms with Gasteiger partial charge in [-0.3, -0.25) is 9.35 Å². The van der Waals surface area contributed by atoms with Crippen molar-refractivity contribution >= 4 is 33.2 Å². The number of amides is 1. The number of nitrogens with zero attached hydrogens (tertiary/aromatic N) is 4. The molecule has 0 unspecified atom stereocenters.